The fourth-order valence-corrected chi connectivity index (χ4v) is 3.62. The minimum atomic E-state index is -0.165. The summed E-state index contributed by atoms with van der Waals surface area (Å²) in [6, 6.07) is 6.13. The van der Waals surface area contributed by atoms with Crippen molar-refractivity contribution in [1.82, 2.24) is 25.8 Å². The molecule has 2 amide bonds. The van der Waals surface area contributed by atoms with E-state index in [0.29, 0.717) is 18.5 Å². The quantitative estimate of drug-likeness (QED) is 0.372. The van der Waals surface area contributed by atoms with E-state index in [0.717, 1.165) is 37.9 Å². The second-order valence-corrected chi connectivity index (χ2v) is 8.20. The van der Waals surface area contributed by atoms with Crippen LogP contribution in [0.25, 0.3) is 0 Å². The molecule has 0 saturated heterocycles. The highest BCUT2D eigenvalue weighted by Gasteiger charge is 2.34. The number of pyridine rings is 1. The first-order valence-corrected chi connectivity index (χ1v) is 11.6. The molecule has 2 rings (SSSR count). The van der Waals surface area contributed by atoms with Gasteiger partial charge in [-0.1, -0.05) is 32.4 Å². The summed E-state index contributed by atoms with van der Waals surface area (Å²) in [6.07, 6.45) is 10.2. The number of likely N-dealkylation sites (N-methyl/N-ethyl adjacent to an activating group) is 2. The van der Waals surface area contributed by atoms with E-state index in [9.17, 15) is 9.59 Å². The Kier molecular flexibility index (Phi) is 11.1. The second-order valence-electron chi connectivity index (χ2n) is 8.20. The molecule has 1 aromatic heterocycles. The summed E-state index contributed by atoms with van der Waals surface area (Å²) < 4.78 is 0. The number of carbonyl (C=O) groups excluding carboxylic acids is 2. The molecule has 0 aromatic carbocycles. The van der Waals surface area contributed by atoms with Gasteiger partial charge in [0.1, 0.15) is 0 Å². The molecule has 1 unspecified atom stereocenters. The van der Waals surface area contributed by atoms with Crippen molar-refractivity contribution in [3.8, 4) is 0 Å². The number of hydrogen-bond acceptors (Lipinski definition) is 5. The predicted octanol–water partition coefficient (Wildman–Crippen LogP) is 2.25. The van der Waals surface area contributed by atoms with Crippen LogP contribution in [0, 0.1) is 5.92 Å². The molecule has 7 nitrogen and oxygen atoms in total. The molecule has 1 saturated carbocycles. The van der Waals surface area contributed by atoms with Crippen LogP contribution in [-0.4, -0.2) is 61.0 Å². The highest BCUT2D eigenvalue weighted by molar-refractivity contribution is 5.85. The van der Waals surface area contributed by atoms with Gasteiger partial charge in [-0.3, -0.25) is 14.6 Å². The number of unbranched alkanes of at least 4 members (excludes halogenated alkanes) is 1. The monoisotopic (exact) mass is 429 g/mol. The maximum absolute atomic E-state index is 12.4. The van der Waals surface area contributed by atoms with Crippen molar-refractivity contribution < 1.29 is 9.59 Å². The smallest absolute Gasteiger partial charge is 0.239 e. The molecule has 7 heteroatoms. The van der Waals surface area contributed by atoms with Crippen LogP contribution < -0.4 is 16.0 Å². The number of allylic oxidation sites excluding steroid dienone is 1. The zero-order valence-corrected chi connectivity index (χ0v) is 19.3. The lowest BCUT2D eigenvalue weighted by molar-refractivity contribution is -0.126. The van der Waals surface area contributed by atoms with Crippen LogP contribution in [0.5, 0.6) is 0 Å². The van der Waals surface area contributed by atoms with Crippen LogP contribution in [0.4, 0.5) is 0 Å². The van der Waals surface area contributed by atoms with Crippen molar-refractivity contribution in [2.24, 2.45) is 5.92 Å². The lowest BCUT2D eigenvalue weighted by Crippen LogP contribution is -2.44. The second kappa shape index (κ2) is 13.8. The van der Waals surface area contributed by atoms with Gasteiger partial charge in [0.15, 0.2) is 0 Å². The van der Waals surface area contributed by atoms with E-state index in [1.165, 1.54) is 18.5 Å². The molecule has 0 radical (unpaired) electrons. The van der Waals surface area contributed by atoms with Gasteiger partial charge in [0, 0.05) is 37.2 Å². The Balaban J connectivity index is 1.71. The predicted molar refractivity (Wildman–Crippen MR) is 124 cm³/mol. The summed E-state index contributed by atoms with van der Waals surface area (Å²) in [7, 11) is 1.96. The first kappa shape index (κ1) is 24.9. The zero-order valence-electron chi connectivity index (χ0n) is 19.3. The summed E-state index contributed by atoms with van der Waals surface area (Å²) in [5.41, 5.74) is 2.21. The Morgan fingerprint density at radius 1 is 1.23 bits per heavy atom. The van der Waals surface area contributed by atoms with Crippen LogP contribution >= 0.6 is 0 Å². The minimum absolute atomic E-state index is 0.00350. The average molecular weight is 430 g/mol. The normalized spacial score (nSPS) is 14.7. The van der Waals surface area contributed by atoms with Gasteiger partial charge in [-0.2, -0.15) is 0 Å². The van der Waals surface area contributed by atoms with Crippen LogP contribution in [0.2, 0.25) is 0 Å². The lowest BCUT2D eigenvalue weighted by atomic mass is 10.1. The SMILES string of the molecule is CCC/C=C(\C(NCC)C1CC1)N(C)CC(=O)NCC(=O)NCCCc1ccccn1. The number of nitrogens with zero attached hydrogens (tertiary/aromatic N) is 2. The van der Waals surface area contributed by atoms with Gasteiger partial charge in [0.2, 0.25) is 11.8 Å². The summed E-state index contributed by atoms with van der Waals surface area (Å²) in [5, 5.41) is 9.19. The summed E-state index contributed by atoms with van der Waals surface area (Å²) in [4.78, 5) is 30.8. The highest BCUT2D eigenvalue weighted by atomic mass is 16.2. The molecule has 172 valence electrons. The number of carbonyl (C=O) groups is 2. The molecule has 0 aliphatic heterocycles. The van der Waals surface area contributed by atoms with E-state index in [1.807, 2.05) is 30.1 Å². The summed E-state index contributed by atoms with van der Waals surface area (Å²) in [5.74, 6) is 0.354. The maximum Gasteiger partial charge on any atom is 0.239 e. The molecule has 3 N–H and O–H groups in total. The fourth-order valence-electron chi connectivity index (χ4n) is 3.62. The molecule has 0 spiro atoms. The highest BCUT2D eigenvalue weighted by Crippen LogP contribution is 2.36. The van der Waals surface area contributed by atoms with Crippen LogP contribution in [-0.2, 0) is 16.0 Å². The van der Waals surface area contributed by atoms with Crippen molar-refractivity contribution >= 4 is 11.8 Å². The Morgan fingerprint density at radius 2 is 2.03 bits per heavy atom. The minimum Gasteiger partial charge on any atom is -0.368 e. The number of aryl methyl sites for hydroxylation is 1. The van der Waals surface area contributed by atoms with Gasteiger partial charge in [-0.15, -0.1) is 0 Å². The fraction of sp³-hybridized carbons (Fsp3) is 0.625. The molecule has 1 aromatic rings. The van der Waals surface area contributed by atoms with Crippen molar-refractivity contribution in [3.63, 3.8) is 0 Å². The molecule has 1 heterocycles. The third-order valence-corrected chi connectivity index (χ3v) is 5.40. The van der Waals surface area contributed by atoms with E-state index < -0.39 is 0 Å². The standard InChI is InChI=1S/C24H39N5O2/c1-4-6-12-21(24(25-5-2)19-13-14-19)29(3)18-23(31)28-17-22(30)27-16-9-11-20-10-7-8-15-26-20/h7-8,10,12,15,19,24-25H,4-6,9,11,13-14,16-18H2,1-3H3,(H,27,30)(H,28,31)/b21-12+. The Hall–Kier alpha value is -2.41. The average Bonchev–Trinajstić information content (AvgIpc) is 3.61. The third kappa shape index (κ3) is 9.51. The molecule has 1 atom stereocenters. The molecule has 1 fully saturated rings. The molecular weight excluding hydrogens is 390 g/mol. The summed E-state index contributed by atoms with van der Waals surface area (Å²) >= 11 is 0. The topological polar surface area (TPSA) is 86.4 Å². The van der Waals surface area contributed by atoms with Gasteiger partial charge in [-0.05, 0) is 56.7 Å². The van der Waals surface area contributed by atoms with E-state index >= 15 is 0 Å². The van der Waals surface area contributed by atoms with Gasteiger partial charge in [0.25, 0.3) is 0 Å². The zero-order chi connectivity index (χ0) is 22.5. The van der Waals surface area contributed by atoms with Crippen molar-refractivity contribution in [2.45, 2.75) is 58.4 Å². The Morgan fingerprint density at radius 3 is 2.68 bits per heavy atom. The van der Waals surface area contributed by atoms with Gasteiger partial charge < -0.3 is 20.9 Å². The van der Waals surface area contributed by atoms with E-state index in [2.05, 4.69) is 40.9 Å². The Bertz CT molecular complexity index is 703. The lowest BCUT2D eigenvalue weighted by Gasteiger charge is -2.30. The van der Waals surface area contributed by atoms with Crippen molar-refractivity contribution in [2.75, 3.05) is 33.2 Å². The summed E-state index contributed by atoms with van der Waals surface area (Å²) in [6.45, 7) is 6.01. The molecule has 1 aliphatic rings. The number of amides is 2. The maximum atomic E-state index is 12.4. The van der Waals surface area contributed by atoms with Gasteiger partial charge in [-0.25, -0.2) is 0 Å². The van der Waals surface area contributed by atoms with E-state index in [4.69, 9.17) is 0 Å². The van der Waals surface area contributed by atoms with Gasteiger partial charge >= 0.3 is 0 Å². The van der Waals surface area contributed by atoms with Crippen molar-refractivity contribution in [3.05, 3.63) is 41.9 Å². The first-order chi connectivity index (χ1) is 15.0. The molecule has 0 bridgehead atoms. The molecular formula is C24H39N5O2. The van der Waals surface area contributed by atoms with Crippen LogP contribution in [0.3, 0.4) is 0 Å². The number of hydrogen-bond donors (Lipinski definition) is 3. The van der Waals surface area contributed by atoms with E-state index in [1.54, 1.807) is 6.20 Å². The first-order valence-electron chi connectivity index (χ1n) is 11.6. The molecule has 1 aliphatic carbocycles. The van der Waals surface area contributed by atoms with Gasteiger partial charge in [0.05, 0.1) is 13.1 Å². The number of aromatic nitrogens is 1. The number of nitrogens with one attached hydrogen (secondary N) is 3. The Labute approximate surface area is 187 Å². The number of rotatable bonds is 15. The van der Waals surface area contributed by atoms with Crippen LogP contribution in [0.15, 0.2) is 36.2 Å². The molecule has 31 heavy (non-hydrogen) atoms. The third-order valence-electron chi connectivity index (χ3n) is 5.40. The largest absolute Gasteiger partial charge is 0.368 e. The van der Waals surface area contributed by atoms with Crippen molar-refractivity contribution in [1.29, 1.82) is 0 Å². The van der Waals surface area contributed by atoms with Crippen LogP contribution in [0.1, 0.15) is 51.6 Å². The van der Waals surface area contributed by atoms with E-state index in [-0.39, 0.29) is 24.9 Å².